The number of benzene rings is 2. The van der Waals surface area contributed by atoms with Crippen LogP contribution in [0.2, 0.25) is 0 Å². The molecule has 7 heteroatoms. The fourth-order valence-corrected chi connectivity index (χ4v) is 4.28. The normalized spacial score (nSPS) is 15.0. The number of para-hydroxylation sites is 2. The van der Waals surface area contributed by atoms with Gasteiger partial charge in [0, 0.05) is 13.1 Å². The van der Waals surface area contributed by atoms with E-state index in [1.165, 1.54) is 0 Å². The Hall–Kier alpha value is -2.54. The van der Waals surface area contributed by atoms with Crippen LogP contribution in [0.4, 0.5) is 11.4 Å². The second-order valence-corrected chi connectivity index (χ2v) is 7.81. The second kappa shape index (κ2) is 6.76. The van der Waals surface area contributed by atoms with Gasteiger partial charge in [0.2, 0.25) is 5.91 Å². The van der Waals surface area contributed by atoms with E-state index in [4.69, 9.17) is 0 Å². The number of anilines is 2. The van der Waals surface area contributed by atoms with Crippen LogP contribution < -0.4 is 14.9 Å². The highest BCUT2D eigenvalue weighted by Crippen LogP contribution is 2.29. The minimum Gasteiger partial charge on any atom is -0.359 e. The molecule has 2 aromatic rings. The van der Waals surface area contributed by atoms with E-state index in [9.17, 15) is 13.2 Å². The van der Waals surface area contributed by atoms with E-state index >= 15 is 0 Å². The summed E-state index contributed by atoms with van der Waals surface area (Å²) in [5.41, 5.74) is 2.74. The molecule has 2 N–H and O–H groups in total. The van der Waals surface area contributed by atoms with Crippen molar-refractivity contribution in [2.24, 2.45) is 0 Å². The standard InChI is InChI=1S/C18H21N3O3S/c1-13-7-8-14(2)17(11-13)25(23,24)20-15-5-3-4-6-16(15)21-10-9-19-18(22)12-21/h3-8,11,20H,9-10,12H2,1-2H3,(H,19,22). The smallest absolute Gasteiger partial charge is 0.262 e. The minimum absolute atomic E-state index is 0.0709. The Morgan fingerprint density at radius 2 is 1.88 bits per heavy atom. The van der Waals surface area contributed by atoms with Crippen molar-refractivity contribution in [1.29, 1.82) is 0 Å². The lowest BCUT2D eigenvalue weighted by Gasteiger charge is -2.30. The monoisotopic (exact) mass is 359 g/mol. The molecule has 0 atom stereocenters. The van der Waals surface area contributed by atoms with Crippen LogP contribution in [0.5, 0.6) is 0 Å². The Labute approximate surface area is 147 Å². The molecule has 0 aliphatic carbocycles. The van der Waals surface area contributed by atoms with Crippen LogP contribution in [0.15, 0.2) is 47.4 Å². The van der Waals surface area contributed by atoms with Gasteiger partial charge in [0.05, 0.1) is 22.8 Å². The van der Waals surface area contributed by atoms with Gasteiger partial charge in [0.25, 0.3) is 10.0 Å². The summed E-state index contributed by atoms with van der Waals surface area (Å²) in [7, 11) is -3.72. The van der Waals surface area contributed by atoms with Crippen molar-refractivity contribution in [2.75, 3.05) is 29.3 Å². The lowest BCUT2D eigenvalue weighted by molar-refractivity contribution is -0.120. The van der Waals surface area contributed by atoms with Crippen LogP contribution in [0.3, 0.4) is 0 Å². The maximum atomic E-state index is 12.9. The van der Waals surface area contributed by atoms with Crippen LogP contribution in [0, 0.1) is 13.8 Å². The zero-order chi connectivity index (χ0) is 18.0. The third-order valence-corrected chi connectivity index (χ3v) is 5.67. The van der Waals surface area contributed by atoms with Crippen LogP contribution in [0.25, 0.3) is 0 Å². The summed E-state index contributed by atoms with van der Waals surface area (Å²) < 4.78 is 28.4. The first kappa shape index (κ1) is 17.3. The third kappa shape index (κ3) is 3.76. The van der Waals surface area contributed by atoms with E-state index in [-0.39, 0.29) is 17.3 Å². The first-order valence-electron chi connectivity index (χ1n) is 8.07. The zero-order valence-electron chi connectivity index (χ0n) is 14.2. The van der Waals surface area contributed by atoms with Crippen molar-refractivity contribution in [3.63, 3.8) is 0 Å². The molecule has 1 aliphatic heterocycles. The number of carbonyl (C=O) groups is 1. The highest BCUT2D eigenvalue weighted by Gasteiger charge is 2.22. The van der Waals surface area contributed by atoms with Gasteiger partial charge in [-0.2, -0.15) is 0 Å². The van der Waals surface area contributed by atoms with Gasteiger partial charge in [-0.25, -0.2) is 8.42 Å². The van der Waals surface area contributed by atoms with E-state index in [1.54, 1.807) is 31.2 Å². The van der Waals surface area contributed by atoms with Crippen molar-refractivity contribution < 1.29 is 13.2 Å². The average molecular weight is 359 g/mol. The molecule has 0 radical (unpaired) electrons. The number of hydrogen-bond donors (Lipinski definition) is 2. The summed E-state index contributed by atoms with van der Waals surface area (Å²) in [4.78, 5) is 13.8. The van der Waals surface area contributed by atoms with Gasteiger partial charge >= 0.3 is 0 Å². The molecular formula is C18H21N3O3S. The van der Waals surface area contributed by atoms with E-state index in [0.29, 0.717) is 30.0 Å². The summed E-state index contributed by atoms with van der Waals surface area (Å²) in [6.07, 6.45) is 0. The molecule has 2 aromatic carbocycles. The first-order chi connectivity index (χ1) is 11.9. The Bertz CT molecular complexity index is 910. The van der Waals surface area contributed by atoms with Gasteiger partial charge in [0.1, 0.15) is 0 Å². The molecule has 0 bridgehead atoms. The summed E-state index contributed by atoms with van der Waals surface area (Å²) >= 11 is 0. The lowest BCUT2D eigenvalue weighted by Crippen LogP contribution is -2.47. The number of hydrogen-bond acceptors (Lipinski definition) is 4. The zero-order valence-corrected chi connectivity index (χ0v) is 15.1. The van der Waals surface area contributed by atoms with Gasteiger partial charge in [0.15, 0.2) is 0 Å². The molecule has 1 aliphatic rings. The highest BCUT2D eigenvalue weighted by molar-refractivity contribution is 7.92. The fourth-order valence-electron chi connectivity index (χ4n) is 2.88. The molecule has 1 fully saturated rings. The number of amides is 1. The predicted molar refractivity (Wildman–Crippen MR) is 98.4 cm³/mol. The average Bonchev–Trinajstić information content (AvgIpc) is 2.57. The fraction of sp³-hybridized carbons (Fsp3) is 0.278. The Kier molecular flexibility index (Phi) is 4.67. The Morgan fingerprint density at radius 3 is 2.64 bits per heavy atom. The third-order valence-electron chi connectivity index (χ3n) is 4.16. The summed E-state index contributed by atoms with van der Waals surface area (Å²) in [6.45, 7) is 5.01. The number of nitrogens with one attached hydrogen (secondary N) is 2. The second-order valence-electron chi connectivity index (χ2n) is 6.16. The highest BCUT2D eigenvalue weighted by atomic mass is 32.2. The number of rotatable bonds is 4. The largest absolute Gasteiger partial charge is 0.359 e. The predicted octanol–water partition coefficient (Wildman–Crippen LogP) is 2.04. The number of aryl methyl sites for hydroxylation is 2. The number of sulfonamides is 1. The molecule has 132 valence electrons. The molecule has 0 aromatic heterocycles. The van der Waals surface area contributed by atoms with Crippen LogP contribution >= 0.6 is 0 Å². The van der Waals surface area contributed by atoms with Crippen molar-refractivity contribution in [3.8, 4) is 0 Å². The van der Waals surface area contributed by atoms with Crippen molar-refractivity contribution >= 4 is 27.3 Å². The first-order valence-corrected chi connectivity index (χ1v) is 9.56. The lowest BCUT2D eigenvalue weighted by atomic mass is 10.2. The minimum atomic E-state index is -3.72. The molecule has 6 nitrogen and oxygen atoms in total. The molecule has 1 heterocycles. The maximum absolute atomic E-state index is 12.9. The number of piperazine rings is 1. The summed E-state index contributed by atoms with van der Waals surface area (Å²) in [6, 6.07) is 12.5. The van der Waals surface area contributed by atoms with Crippen LogP contribution in [-0.2, 0) is 14.8 Å². The van der Waals surface area contributed by atoms with E-state index < -0.39 is 10.0 Å². The SMILES string of the molecule is Cc1ccc(C)c(S(=O)(=O)Nc2ccccc2N2CCNC(=O)C2)c1. The van der Waals surface area contributed by atoms with Crippen LogP contribution in [-0.4, -0.2) is 34.0 Å². The molecular weight excluding hydrogens is 338 g/mol. The molecule has 0 unspecified atom stereocenters. The molecule has 0 saturated carbocycles. The van der Waals surface area contributed by atoms with E-state index in [2.05, 4.69) is 10.0 Å². The number of carbonyl (C=O) groups excluding carboxylic acids is 1. The van der Waals surface area contributed by atoms with Gasteiger partial charge in [-0.05, 0) is 43.2 Å². The Balaban J connectivity index is 1.95. The van der Waals surface area contributed by atoms with E-state index in [0.717, 1.165) is 5.56 Å². The van der Waals surface area contributed by atoms with Gasteiger partial charge in [-0.1, -0.05) is 24.3 Å². The molecule has 25 heavy (non-hydrogen) atoms. The van der Waals surface area contributed by atoms with Crippen molar-refractivity contribution in [1.82, 2.24) is 5.32 Å². The topological polar surface area (TPSA) is 78.5 Å². The summed E-state index contributed by atoms with van der Waals surface area (Å²) in [5.74, 6) is -0.0709. The van der Waals surface area contributed by atoms with Gasteiger partial charge in [-0.15, -0.1) is 0 Å². The van der Waals surface area contributed by atoms with Crippen LogP contribution in [0.1, 0.15) is 11.1 Å². The maximum Gasteiger partial charge on any atom is 0.262 e. The molecule has 1 amide bonds. The van der Waals surface area contributed by atoms with E-state index in [1.807, 2.05) is 30.0 Å². The molecule has 3 rings (SSSR count). The summed E-state index contributed by atoms with van der Waals surface area (Å²) in [5, 5.41) is 2.77. The Morgan fingerprint density at radius 1 is 1.12 bits per heavy atom. The van der Waals surface area contributed by atoms with Crippen molar-refractivity contribution in [3.05, 3.63) is 53.6 Å². The quantitative estimate of drug-likeness (QED) is 0.876. The van der Waals surface area contributed by atoms with Crippen molar-refractivity contribution in [2.45, 2.75) is 18.7 Å². The van der Waals surface area contributed by atoms with Gasteiger partial charge < -0.3 is 10.2 Å². The number of nitrogens with zero attached hydrogens (tertiary/aromatic N) is 1. The molecule has 1 saturated heterocycles. The van der Waals surface area contributed by atoms with Gasteiger partial charge in [-0.3, -0.25) is 9.52 Å². The molecule has 0 spiro atoms.